The highest BCUT2D eigenvalue weighted by molar-refractivity contribution is 5.79. The molecule has 2 N–H and O–H groups in total. The van der Waals surface area contributed by atoms with E-state index in [9.17, 15) is 17.6 Å². The average molecular weight is 356 g/mol. The Kier molecular flexibility index (Phi) is 6.23. The molecule has 1 fully saturated rings. The zero-order valence-electron chi connectivity index (χ0n) is 13.8. The predicted molar refractivity (Wildman–Crippen MR) is 86.3 cm³/mol. The van der Waals surface area contributed by atoms with Gasteiger partial charge in [0.05, 0.1) is 17.6 Å². The van der Waals surface area contributed by atoms with Gasteiger partial charge in [-0.15, -0.1) is 0 Å². The third-order valence-electron chi connectivity index (χ3n) is 4.33. The number of rotatable bonds is 3. The zero-order chi connectivity index (χ0) is 18.4. The topological polar surface area (TPSA) is 60.2 Å². The summed E-state index contributed by atoms with van der Waals surface area (Å²) in [5.41, 5.74) is 0.572. The lowest BCUT2D eigenvalue weighted by molar-refractivity contribution is -0.183. The van der Waals surface area contributed by atoms with Crippen LogP contribution in [0.3, 0.4) is 0 Å². The summed E-state index contributed by atoms with van der Waals surface area (Å²) < 4.78 is 52.5. The number of benzene rings is 1. The summed E-state index contributed by atoms with van der Waals surface area (Å²) in [5.74, 6) is -1.48. The van der Waals surface area contributed by atoms with Crippen molar-refractivity contribution in [2.24, 2.45) is 10.9 Å². The van der Waals surface area contributed by atoms with Crippen LogP contribution in [0.2, 0.25) is 0 Å². The first kappa shape index (κ1) is 19.0. The van der Waals surface area contributed by atoms with Crippen LogP contribution in [0.25, 0.3) is 0 Å². The molecule has 2 atom stereocenters. The van der Waals surface area contributed by atoms with E-state index in [0.717, 1.165) is 6.07 Å². The molecule has 1 aliphatic carbocycles. The van der Waals surface area contributed by atoms with E-state index < -0.39 is 17.9 Å². The summed E-state index contributed by atoms with van der Waals surface area (Å²) in [6, 6.07) is 5.67. The second kappa shape index (κ2) is 8.19. The summed E-state index contributed by atoms with van der Waals surface area (Å²) in [4.78, 5) is 3.99. The second-order valence-electron chi connectivity index (χ2n) is 6.09. The molecule has 0 aromatic heterocycles. The Balaban J connectivity index is 1.92. The van der Waals surface area contributed by atoms with Crippen LogP contribution < -0.4 is 10.6 Å². The fraction of sp³-hybridized carbons (Fsp3) is 0.529. The molecule has 0 aliphatic heterocycles. The molecule has 0 radical (unpaired) electrons. The maximum absolute atomic E-state index is 13.9. The first-order valence-electron chi connectivity index (χ1n) is 8.06. The standard InChI is InChI=1S/C17H20F4N4/c1-23-16(24-10-12-6-5-11(9-22)7-15(12)18)25-14-4-2-3-13(8-14)17(19,20)21/h5-7,13-14H,2-4,8,10H2,1H3,(H2,23,24,25). The van der Waals surface area contributed by atoms with E-state index in [4.69, 9.17) is 5.26 Å². The van der Waals surface area contributed by atoms with Gasteiger partial charge in [0.15, 0.2) is 5.96 Å². The number of aliphatic imine (C=N–C) groups is 1. The molecular weight excluding hydrogens is 336 g/mol. The maximum atomic E-state index is 13.9. The van der Waals surface area contributed by atoms with Crippen molar-refractivity contribution in [2.75, 3.05) is 7.05 Å². The Bertz CT molecular complexity index is 664. The van der Waals surface area contributed by atoms with E-state index in [1.54, 1.807) is 0 Å². The quantitative estimate of drug-likeness (QED) is 0.495. The van der Waals surface area contributed by atoms with Crippen LogP contribution in [-0.4, -0.2) is 25.2 Å². The highest BCUT2D eigenvalue weighted by atomic mass is 19.4. The van der Waals surface area contributed by atoms with Gasteiger partial charge in [0.2, 0.25) is 0 Å². The van der Waals surface area contributed by atoms with Gasteiger partial charge in [-0.1, -0.05) is 12.5 Å². The van der Waals surface area contributed by atoms with Gasteiger partial charge in [-0.25, -0.2) is 4.39 Å². The summed E-state index contributed by atoms with van der Waals surface area (Å²) in [7, 11) is 1.51. The number of nitrogens with zero attached hydrogens (tertiary/aromatic N) is 2. The number of hydrogen-bond donors (Lipinski definition) is 2. The van der Waals surface area contributed by atoms with Gasteiger partial charge >= 0.3 is 6.18 Å². The summed E-state index contributed by atoms with van der Waals surface area (Å²) >= 11 is 0. The largest absolute Gasteiger partial charge is 0.391 e. The Hall–Kier alpha value is -2.30. The Morgan fingerprint density at radius 2 is 2.12 bits per heavy atom. The van der Waals surface area contributed by atoms with E-state index in [2.05, 4.69) is 15.6 Å². The number of nitrogens with one attached hydrogen (secondary N) is 2. The van der Waals surface area contributed by atoms with Crippen molar-refractivity contribution in [3.63, 3.8) is 0 Å². The van der Waals surface area contributed by atoms with Gasteiger partial charge in [-0.3, -0.25) is 4.99 Å². The van der Waals surface area contributed by atoms with Crippen molar-refractivity contribution >= 4 is 5.96 Å². The first-order valence-corrected chi connectivity index (χ1v) is 8.06. The van der Waals surface area contributed by atoms with Crippen molar-refractivity contribution in [1.29, 1.82) is 5.26 Å². The van der Waals surface area contributed by atoms with E-state index in [1.165, 1.54) is 19.2 Å². The van der Waals surface area contributed by atoms with Crippen LogP contribution in [-0.2, 0) is 6.54 Å². The number of nitriles is 1. The Morgan fingerprint density at radius 3 is 2.72 bits per heavy atom. The monoisotopic (exact) mass is 356 g/mol. The first-order chi connectivity index (χ1) is 11.8. The summed E-state index contributed by atoms with van der Waals surface area (Å²) in [6.45, 7) is 0.118. The van der Waals surface area contributed by atoms with Crippen molar-refractivity contribution in [3.8, 4) is 6.07 Å². The lowest BCUT2D eigenvalue weighted by Gasteiger charge is -2.31. The molecule has 2 rings (SSSR count). The highest BCUT2D eigenvalue weighted by Gasteiger charge is 2.42. The molecular formula is C17H20F4N4. The minimum absolute atomic E-state index is 0.00935. The van der Waals surface area contributed by atoms with E-state index >= 15 is 0 Å². The number of hydrogen-bond acceptors (Lipinski definition) is 2. The molecule has 2 unspecified atom stereocenters. The van der Waals surface area contributed by atoms with Gasteiger partial charge in [-0.2, -0.15) is 18.4 Å². The molecule has 1 aromatic rings. The highest BCUT2D eigenvalue weighted by Crippen LogP contribution is 2.37. The van der Waals surface area contributed by atoms with Gasteiger partial charge in [-0.05, 0) is 31.4 Å². The lowest BCUT2D eigenvalue weighted by atomic mass is 9.85. The van der Waals surface area contributed by atoms with Crippen molar-refractivity contribution in [2.45, 2.75) is 44.4 Å². The molecule has 0 spiro atoms. The van der Waals surface area contributed by atoms with Crippen LogP contribution in [0.5, 0.6) is 0 Å². The van der Waals surface area contributed by atoms with Crippen molar-refractivity contribution in [3.05, 3.63) is 35.1 Å². The zero-order valence-corrected chi connectivity index (χ0v) is 13.8. The molecule has 0 amide bonds. The van der Waals surface area contributed by atoms with Crippen LogP contribution >= 0.6 is 0 Å². The maximum Gasteiger partial charge on any atom is 0.391 e. The van der Waals surface area contributed by atoms with Crippen LogP contribution in [0.15, 0.2) is 23.2 Å². The molecule has 1 aromatic carbocycles. The Labute approximate surface area is 143 Å². The molecule has 1 aliphatic rings. The van der Waals surface area contributed by atoms with E-state index in [1.807, 2.05) is 6.07 Å². The number of guanidine groups is 1. The molecule has 0 heterocycles. The molecule has 0 saturated heterocycles. The number of halogens is 4. The van der Waals surface area contributed by atoms with Gasteiger partial charge in [0, 0.05) is 25.2 Å². The smallest absolute Gasteiger partial charge is 0.354 e. The third kappa shape index (κ3) is 5.34. The van der Waals surface area contributed by atoms with Gasteiger partial charge in [0.25, 0.3) is 0 Å². The minimum Gasteiger partial charge on any atom is -0.354 e. The van der Waals surface area contributed by atoms with Gasteiger partial charge < -0.3 is 10.6 Å². The van der Waals surface area contributed by atoms with Crippen LogP contribution in [0, 0.1) is 23.1 Å². The van der Waals surface area contributed by atoms with Crippen molar-refractivity contribution < 1.29 is 17.6 Å². The van der Waals surface area contributed by atoms with E-state index in [-0.39, 0.29) is 31.0 Å². The van der Waals surface area contributed by atoms with Crippen molar-refractivity contribution in [1.82, 2.24) is 10.6 Å². The SMILES string of the molecule is CN=C(NCc1ccc(C#N)cc1F)NC1CCCC(C(F)(F)F)C1. The molecule has 4 nitrogen and oxygen atoms in total. The fourth-order valence-corrected chi connectivity index (χ4v) is 2.95. The number of alkyl halides is 3. The minimum atomic E-state index is -4.18. The second-order valence-corrected chi connectivity index (χ2v) is 6.09. The molecule has 1 saturated carbocycles. The lowest BCUT2D eigenvalue weighted by Crippen LogP contribution is -2.46. The molecule has 136 valence electrons. The fourth-order valence-electron chi connectivity index (χ4n) is 2.95. The average Bonchev–Trinajstić information content (AvgIpc) is 2.58. The molecule has 25 heavy (non-hydrogen) atoms. The molecule has 8 heteroatoms. The summed E-state index contributed by atoms with van der Waals surface area (Å²) in [6.07, 6.45) is -2.87. The normalized spacial score (nSPS) is 21.5. The molecule has 0 bridgehead atoms. The van der Waals surface area contributed by atoms with Crippen LogP contribution in [0.4, 0.5) is 17.6 Å². The van der Waals surface area contributed by atoms with E-state index in [0.29, 0.717) is 24.4 Å². The summed E-state index contributed by atoms with van der Waals surface area (Å²) in [5, 5.41) is 14.6. The van der Waals surface area contributed by atoms with Crippen LogP contribution in [0.1, 0.15) is 36.8 Å². The van der Waals surface area contributed by atoms with Gasteiger partial charge in [0.1, 0.15) is 5.82 Å². The third-order valence-corrected chi connectivity index (χ3v) is 4.33. The Morgan fingerprint density at radius 1 is 1.36 bits per heavy atom. The predicted octanol–water partition coefficient (Wildman–Crippen LogP) is 3.48.